The lowest BCUT2D eigenvalue weighted by Crippen LogP contribution is -2.24. The Hall–Kier alpha value is -1.72. The maximum Gasteiger partial charge on any atom is 0.218 e. The average Bonchev–Trinajstić information content (AvgIpc) is 2.73. The van der Waals surface area contributed by atoms with Gasteiger partial charge in [0.15, 0.2) is 0 Å². The summed E-state index contributed by atoms with van der Waals surface area (Å²) >= 11 is 6.03. The number of hydrogen-bond acceptors (Lipinski definition) is 4. The van der Waals surface area contributed by atoms with Gasteiger partial charge in [0.25, 0.3) is 0 Å². The summed E-state index contributed by atoms with van der Waals surface area (Å²) in [5.41, 5.74) is 9.08. The van der Waals surface area contributed by atoms with Crippen LogP contribution in [-0.2, 0) is 7.05 Å². The third-order valence-corrected chi connectivity index (χ3v) is 4.07. The zero-order valence-electron chi connectivity index (χ0n) is 12.3. The lowest BCUT2D eigenvalue weighted by atomic mass is 9.93. The SMILES string of the molecule is COc1c(C2CC(N)c3cc(Cl)ccc3O2)c(C)nn1C. The smallest absolute Gasteiger partial charge is 0.218 e. The van der Waals surface area contributed by atoms with E-state index in [1.165, 1.54) is 0 Å². The Morgan fingerprint density at radius 3 is 2.95 bits per heavy atom. The van der Waals surface area contributed by atoms with E-state index in [-0.39, 0.29) is 12.1 Å². The van der Waals surface area contributed by atoms with Crippen LogP contribution in [0.25, 0.3) is 0 Å². The summed E-state index contributed by atoms with van der Waals surface area (Å²) in [4.78, 5) is 0. The molecule has 0 saturated heterocycles. The zero-order valence-corrected chi connectivity index (χ0v) is 13.0. The summed E-state index contributed by atoms with van der Waals surface area (Å²) in [5.74, 6) is 1.48. The molecule has 0 radical (unpaired) electrons. The molecule has 3 rings (SSSR count). The summed E-state index contributed by atoms with van der Waals surface area (Å²) in [5, 5.41) is 5.07. The van der Waals surface area contributed by atoms with E-state index in [4.69, 9.17) is 26.8 Å². The number of methoxy groups -OCH3 is 1. The highest BCUT2D eigenvalue weighted by molar-refractivity contribution is 6.30. The minimum absolute atomic E-state index is 0.123. The molecule has 1 aliphatic rings. The Morgan fingerprint density at radius 1 is 1.48 bits per heavy atom. The molecule has 1 aliphatic heterocycles. The molecule has 0 spiro atoms. The minimum atomic E-state index is -0.169. The fourth-order valence-electron chi connectivity index (χ4n) is 2.92. The van der Waals surface area contributed by atoms with Gasteiger partial charge in [0.2, 0.25) is 5.88 Å². The van der Waals surface area contributed by atoms with Crippen molar-refractivity contribution in [2.75, 3.05) is 7.11 Å². The Bertz CT molecular complexity index is 684. The maximum atomic E-state index is 6.28. The molecule has 5 nitrogen and oxygen atoms in total. The number of rotatable bonds is 2. The highest BCUT2D eigenvalue weighted by Gasteiger charge is 2.32. The van der Waals surface area contributed by atoms with Gasteiger partial charge in [-0.2, -0.15) is 5.10 Å². The van der Waals surface area contributed by atoms with Crippen molar-refractivity contribution in [3.63, 3.8) is 0 Å². The van der Waals surface area contributed by atoms with Crippen molar-refractivity contribution in [3.8, 4) is 11.6 Å². The predicted molar refractivity (Wildman–Crippen MR) is 80.9 cm³/mol. The first-order chi connectivity index (χ1) is 10.0. The molecule has 0 bridgehead atoms. The quantitative estimate of drug-likeness (QED) is 0.926. The number of benzene rings is 1. The zero-order chi connectivity index (χ0) is 15.1. The van der Waals surface area contributed by atoms with Crippen LogP contribution in [0.5, 0.6) is 11.6 Å². The van der Waals surface area contributed by atoms with Gasteiger partial charge in [0.05, 0.1) is 18.4 Å². The fraction of sp³-hybridized carbons (Fsp3) is 0.400. The first-order valence-corrected chi connectivity index (χ1v) is 7.18. The van der Waals surface area contributed by atoms with Crippen LogP contribution in [0.4, 0.5) is 0 Å². The maximum absolute atomic E-state index is 6.28. The van der Waals surface area contributed by atoms with Crippen molar-refractivity contribution < 1.29 is 9.47 Å². The van der Waals surface area contributed by atoms with Crippen LogP contribution in [0.2, 0.25) is 5.02 Å². The van der Waals surface area contributed by atoms with Crippen LogP contribution >= 0.6 is 11.6 Å². The molecule has 21 heavy (non-hydrogen) atoms. The molecule has 0 fully saturated rings. The van der Waals surface area contributed by atoms with Gasteiger partial charge in [-0.05, 0) is 25.1 Å². The number of ether oxygens (including phenoxy) is 2. The lowest BCUT2D eigenvalue weighted by molar-refractivity contribution is 0.156. The number of fused-ring (bicyclic) bond motifs is 1. The topological polar surface area (TPSA) is 62.3 Å². The lowest BCUT2D eigenvalue weighted by Gasteiger charge is -2.30. The molecule has 2 atom stereocenters. The van der Waals surface area contributed by atoms with Gasteiger partial charge in [-0.1, -0.05) is 11.6 Å². The van der Waals surface area contributed by atoms with Crippen molar-refractivity contribution in [2.45, 2.75) is 25.5 Å². The van der Waals surface area contributed by atoms with E-state index >= 15 is 0 Å². The first kappa shape index (κ1) is 14.2. The summed E-state index contributed by atoms with van der Waals surface area (Å²) in [6, 6.07) is 5.41. The van der Waals surface area contributed by atoms with Gasteiger partial charge >= 0.3 is 0 Å². The standard InChI is InChI=1S/C15H18ClN3O2/c1-8-14(15(20-3)19(2)18-8)13-7-11(17)10-6-9(16)4-5-12(10)21-13/h4-6,11,13H,7,17H2,1-3H3. The highest BCUT2D eigenvalue weighted by Crippen LogP contribution is 2.43. The Kier molecular flexibility index (Phi) is 3.55. The first-order valence-electron chi connectivity index (χ1n) is 6.80. The van der Waals surface area contributed by atoms with Gasteiger partial charge < -0.3 is 15.2 Å². The van der Waals surface area contributed by atoms with Crippen molar-refractivity contribution >= 4 is 11.6 Å². The molecule has 0 amide bonds. The van der Waals surface area contributed by atoms with E-state index in [2.05, 4.69) is 5.10 Å². The van der Waals surface area contributed by atoms with Gasteiger partial charge in [0, 0.05) is 30.1 Å². The number of halogens is 1. The normalized spacial score (nSPS) is 20.8. The Labute approximate surface area is 128 Å². The number of aromatic nitrogens is 2. The van der Waals surface area contributed by atoms with Crippen molar-refractivity contribution in [1.82, 2.24) is 9.78 Å². The third-order valence-electron chi connectivity index (χ3n) is 3.84. The monoisotopic (exact) mass is 307 g/mol. The van der Waals surface area contributed by atoms with Crippen LogP contribution < -0.4 is 15.2 Å². The second-order valence-corrected chi connectivity index (χ2v) is 5.70. The van der Waals surface area contributed by atoms with E-state index in [1.54, 1.807) is 11.8 Å². The Balaban J connectivity index is 2.02. The van der Waals surface area contributed by atoms with E-state index in [0.717, 1.165) is 22.6 Å². The molecular formula is C15H18ClN3O2. The molecule has 6 heteroatoms. The summed E-state index contributed by atoms with van der Waals surface area (Å²) in [6.45, 7) is 1.95. The molecule has 1 aromatic carbocycles. The van der Waals surface area contributed by atoms with Crippen LogP contribution in [0.15, 0.2) is 18.2 Å². The van der Waals surface area contributed by atoms with Gasteiger partial charge in [-0.25, -0.2) is 4.68 Å². The molecule has 0 saturated carbocycles. The second-order valence-electron chi connectivity index (χ2n) is 5.26. The summed E-state index contributed by atoms with van der Waals surface area (Å²) < 4.78 is 13.3. The fourth-order valence-corrected chi connectivity index (χ4v) is 3.10. The average molecular weight is 308 g/mol. The van der Waals surface area contributed by atoms with E-state index in [0.29, 0.717) is 17.3 Å². The number of nitrogens with zero attached hydrogens (tertiary/aromatic N) is 2. The molecule has 2 N–H and O–H groups in total. The molecule has 2 aromatic rings. The molecular weight excluding hydrogens is 290 g/mol. The second kappa shape index (κ2) is 5.24. The summed E-state index contributed by atoms with van der Waals surface area (Å²) in [6.07, 6.45) is 0.494. The van der Waals surface area contributed by atoms with E-state index in [1.807, 2.05) is 32.2 Å². The molecule has 112 valence electrons. The van der Waals surface area contributed by atoms with Crippen molar-refractivity contribution in [3.05, 3.63) is 40.0 Å². The van der Waals surface area contributed by atoms with Crippen molar-refractivity contribution in [1.29, 1.82) is 0 Å². The summed E-state index contributed by atoms with van der Waals surface area (Å²) in [7, 11) is 3.49. The third kappa shape index (κ3) is 2.36. The van der Waals surface area contributed by atoms with Crippen LogP contribution in [-0.4, -0.2) is 16.9 Å². The van der Waals surface area contributed by atoms with E-state index in [9.17, 15) is 0 Å². The largest absolute Gasteiger partial charge is 0.485 e. The van der Waals surface area contributed by atoms with E-state index < -0.39 is 0 Å². The minimum Gasteiger partial charge on any atom is -0.485 e. The van der Waals surface area contributed by atoms with Gasteiger partial charge in [-0.15, -0.1) is 0 Å². The number of nitrogens with two attached hydrogens (primary N) is 1. The number of aryl methyl sites for hydroxylation is 2. The molecule has 1 aromatic heterocycles. The molecule has 2 heterocycles. The number of hydrogen-bond donors (Lipinski definition) is 1. The van der Waals surface area contributed by atoms with Gasteiger partial charge in [-0.3, -0.25) is 0 Å². The van der Waals surface area contributed by atoms with Crippen molar-refractivity contribution in [2.24, 2.45) is 12.8 Å². The van der Waals surface area contributed by atoms with Crippen LogP contribution in [0.1, 0.15) is 35.4 Å². The van der Waals surface area contributed by atoms with Crippen LogP contribution in [0.3, 0.4) is 0 Å². The highest BCUT2D eigenvalue weighted by atomic mass is 35.5. The molecule has 0 aliphatic carbocycles. The van der Waals surface area contributed by atoms with Gasteiger partial charge in [0.1, 0.15) is 11.9 Å². The van der Waals surface area contributed by atoms with Crippen LogP contribution in [0, 0.1) is 6.92 Å². The Morgan fingerprint density at radius 2 is 2.24 bits per heavy atom. The predicted octanol–water partition coefficient (Wildman–Crippen LogP) is 2.91. The molecule has 2 unspecified atom stereocenters.